The van der Waals surface area contributed by atoms with E-state index >= 15 is 0 Å². The average molecular weight is 436 g/mol. The van der Waals surface area contributed by atoms with Crippen molar-refractivity contribution in [2.45, 2.75) is 6.18 Å². The maximum absolute atomic E-state index is 13.2. The second-order valence-electron chi connectivity index (χ2n) is 6.93. The molecule has 0 radical (unpaired) electrons. The molecule has 1 N–H and O–H groups in total. The molecule has 0 unspecified atom stereocenters. The monoisotopic (exact) mass is 436 g/mol. The highest BCUT2D eigenvalue weighted by molar-refractivity contribution is 5.88. The smallest absolute Gasteiger partial charge is 0.416 e. The molecule has 0 aliphatic rings. The van der Waals surface area contributed by atoms with Crippen LogP contribution in [0.25, 0.3) is 28.7 Å². The van der Waals surface area contributed by atoms with Gasteiger partial charge in [0.15, 0.2) is 0 Å². The van der Waals surface area contributed by atoms with E-state index in [-0.39, 0.29) is 16.9 Å². The summed E-state index contributed by atoms with van der Waals surface area (Å²) in [4.78, 5) is 28.8. The van der Waals surface area contributed by atoms with Gasteiger partial charge in [0.1, 0.15) is 5.82 Å². The van der Waals surface area contributed by atoms with E-state index in [0.717, 1.165) is 12.1 Å². The van der Waals surface area contributed by atoms with Crippen molar-refractivity contribution >= 4 is 29.0 Å². The van der Waals surface area contributed by atoms with Gasteiger partial charge in [0, 0.05) is 0 Å². The van der Waals surface area contributed by atoms with E-state index in [2.05, 4.69) is 4.98 Å². The van der Waals surface area contributed by atoms with Crippen LogP contribution in [0.2, 0.25) is 0 Å². The van der Waals surface area contributed by atoms with Crippen molar-refractivity contribution in [2.75, 3.05) is 0 Å². The number of hydrogen-bond acceptors (Lipinski definition) is 3. The molecular formula is C24H15F3N2O3. The molecule has 4 rings (SSSR count). The molecule has 160 valence electrons. The first-order valence-electron chi connectivity index (χ1n) is 9.45. The number of fused-ring (bicyclic) bond motifs is 1. The molecule has 0 saturated carbocycles. The molecule has 8 heteroatoms. The van der Waals surface area contributed by atoms with Gasteiger partial charge in [0.05, 0.1) is 27.7 Å². The number of rotatable bonds is 4. The van der Waals surface area contributed by atoms with Crippen LogP contribution in [0.5, 0.6) is 0 Å². The van der Waals surface area contributed by atoms with E-state index in [1.54, 1.807) is 30.3 Å². The van der Waals surface area contributed by atoms with E-state index in [9.17, 15) is 22.8 Å². The van der Waals surface area contributed by atoms with Crippen molar-refractivity contribution in [3.05, 3.63) is 106 Å². The number of aromatic carboxylic acids is 1. The molecule has 0 fully saturated rings. The van der Waals surface area contributed by atoms with Crippen LogP contribution in [0.1, 0.15) is 27.3 Å². The molecule has 1 aromatic heterocycles. The number of carboxylic acid groups (broad SMARTS) is 1. The number of nitrogens with zero attached hydrogens (tertiary/aromatic N) is 2. The molecular weight excluding hydrogens is 421 g/mol. The van der Waals surface area contributed by atoms with Crippen molar-refractivity contribution in [3.63, 3.8) is 0 Å². The highest BCUT2D eigenvalue weighted by Gasteiger charge is 2.29. The van der Waals surface area contributed by atoms with Crippen LogP contribution >= 0.6 is 0 Å². The van der Waals surface area contributed by atoms with Crippen LogP contribution in [-0.2, 0) is 6.18 Å². The van der Waals surface area contributed by atoms with Gasteiger partial charge in [-0.2, -0.15) is 13.2 Å². The predicted molar refractivity (Wildman–Crippen MR) is 115 cm³/mol. The van der Waals surface area contributed by atoms with Crippen molar-refractivity contribution in [1.82, 2.24) is 9.55 Å². The fraction of sp³-hybridized carbons (Fsp3) is 0.0417. The quantitative estimate of drug-likeness (QED) is 0.473. The Hall–Kier alpha value is -4.20. The fourth-order valence-corrected chi connectivity index (χ4v) is 3.22. The minimum Gasteiger partial charge on any atom is -0.478 e. The molecule has 4 aromatic rings. The molecule has 0 saturated heterocycles. The topological polar surface area (TPSA) is 72.2 Å². The summed E-state index contributed by atoms with van der Waals surface area (Å²) < 4.78 is 39.7. The van der Waals surface area contributed by atoms with Gasteiger partial charge in [-0.25, -0.2) is 9.78 Å². The van der Waals surface area contributed by atoms with Crippen LogP contribution in [0.15, 0.2) is 77.6 Å². The van der Waals surface area contributed by atoms with Crippen LogP contribution in [0.3, 0.4) is 0 Å². The van der Waals surface area contributed by atoms with Crippen molar-refractivity contribution in [2.24, 2.45) is 0 Å². The number of carbonyl (C=O) groups is 1. The molecule has 0 aliphatic carbocycles. The molecule has 32 heavy (non-hydrogen) atoms. The Morgan fingerprint density at radius 3 is 2.19 bits per heavy atom. The third kappa shape index (κ3) is 4.15. The lowest BCUT2D eigenvalue weighted by Gasteiger charge is -2.12. The van der Waals surface area contributed by atoms with Gasteiger partial charge in [-0.3, -0.25) is 9.36 Å². The lowest BCUT2D eigenvalue weighted by atomic mass is 10.1. The molecule has 1 heterocycles. The van der Waals surface area contributed by atoms with E-state index in [1.165, 1.54) is 47.0 Å². The number of halogens is 3. The minimum atomic E-state index is -4.43. The van der Waals surface area contributed by atoms with E-state index < -0.39 is 17.7 Å². The third-order valence-electron chi connectivity index (χ3n) is 4.84. The minimum absolute atomic E-state index is 0.0670. The van der Waals surface area contributed by atoms with Crippen molar-refractivity contribution in [1.29, 1.82) is 0 Å². The summed E-state index contributed by atoms with van der Waals surface area (Å²) in [5.41, 5.74) is 0.318. The lowest BCUT2D eigenvalue weighted by molar-refractivity contribution is -0.137. The Kier molecular flexibility index (Phi) is 5.36. The summed E-state index contributed by atoms with van der Waals surface area (Å²) in [5.74, 6) is -0.848. The maximum Gasteiger partial charge on any atom is 0.416 e. The zero-order chi connectivity index (χ0) is 22.9. The van der Waals surface area contributed by atoms with Crippen LogP contribution in [0.4, 0.5) is 13.2 Å². The predicted octanol–water partition coefficient (Wildman–Crippen LogP) is 5.27. The Morgan fingerprint density at radius 2 is 1.56 bits per heavy atom. The normalized spacial score (nSPS) is 11.8. The van der Waals surface area contributed by atoms with Gasteiger partial charge in [-0.1, -0.05) is 30.3 Å². The van der Waals surface area contributed by atoms with Crippen LogP contribution in [-0.4, -0.2) is 20.6 Å². The van der Waals surface area contributed by atoms with Gasteiger partial charge < -0.3 is 5.11 Å². The van der Waals surface area contributed by atoms with Crippen LogP contribution < -0.4 is 5.56 Å². The summed E-state index contributed by atoms with van der Waals surface area (Å²) in [5, 5.41) is 9.49. The van der Waals surface area contributed by atoms with Crippen molar-refractivity contribution < 1.29 is 23.1 Å². The standard InChI is InChI=1S/C24H15F3N2O3/c25-24(26,27)17-10-5-15(6-11-17)7-14-21-28-20-4-2-1-3-19(20)22(30)29(21)18-12-8-16(9-13-18)23(31)32/h1-14H,(H,31,32). The lowest BCUT2D eigenvalue weighted by Crippen LogP contribution is -2.22. The highest BCUT2D eigenvalue weighted by atomic mass is 19.4. The molecule has 0 atom stereocenters. The van der Waals surface area contributed by atoms with Crippen molar-refractivity contribution in [3.8, 4) is 5.69 Å². The molecule has 0 amide bonds. The largest absolute Gasteiger partial charge is 0.478 e. The molecule has 0 aliphatic heterocycles. The first kappa shape index (κ1) is 21.0. The zero-order valence-electron chi connectivity index (χ0n) is 16.4. The Morgan fingerprint density at radius 1 is 0.906 bits per heavy atom. The van der Waals surface area contributed by atoms with Gasteiger partial charge in [-0.05, 0) is 60.2 Å². The van der Waals surface area contributed by atoms with Gasteiger partial charge in [0.2, 0.25) is 0 Å². The van der Waals surface area contributed by atoms with Gasteiger partial charge in [-0.15, -0.1) is 0 Å². The molecule has 0 spiro atoms. The van der Waals surface area contributed by atoms with E-state index in [1.807, 2.05) is 0 Å². The Balaban J connectivity index is 1.82. The van der Waals surface area contributed by atoms with Gasteiger partial charge >= 0.3 is 12.1 Å². The number of alkyl halides is 3. The first-order valence-corrected chi connectivity index (χ1v) is 9.45. The van der Waals surface area contributed by atoms with Crippen LogP contribution in [0, 0.1) is 0 Å². The number of para-hydroxylation sites is 1. The maximum atomic E-state index is 13.2. The highest BCUT2D eigenvalue weighted by Crippen LogP contribution is 2.29. The Labute approximate surface area is 179 Å². The summed E-state index contributed by atoms with van der Waals surface area (Å²) in [6.07, 6.45) is -1.34. The zero-order valence-corrected chi connectivity index (χ0v) is 16.4. The Bertz CT molecular complexity index is 1390. The van der Waals surface area contributed by atoms with E-state index in [0.29, 0.717) is 22.2 Å². The second kappa shape index (κ2) is 8.14. The number of hydrogen-bond donors (Lipinski definition) is 1. The first-order chi connectivity index (χ1) is 15.2. The number of benzene rings is 3. The number of carboxylic acids is 1. The summed E-state index contributed by atoms with van der Waals surface area (Å²) in [7, 11) is 0. The summed E-state index contributed by atoms with van der Waals surface area (Å²) in [6.45, 7) is 0. The summed E-state index contributed by atoms with van der Waals surface area (Å²) >= 11 is 0. The SMILES string of the molecule is O=C(O)c1ccc(-n2c(C=Cc3ccc(C(F)(F)F)cc3)nc3ccccc3c2=O)cc1. The summed E-state index contributed by atoms with van der Waals surface area (Å²) in [6, 6.07) is 17.1. The third-order valence-corrected chi connectivity index (χ3v) is 4.84. The second-order valence-corrected chi connectivity index (χ2v) is 6.93. The number of aromatic nitrogens is 2. The molecule has 3 aromatic carbocycles. The molecule has 5 nitrogen and oxygen atoms in total. The molecule has 0 bridgehead atoms. The fourth-order valence-electron chi connectivity index (χ4n) is 3.22. The average Bonchev–Trinajstić information content (AvgIpc) is 2.77. The van der Waals surface area contributed by atoms with Gasteiger partial charge in [0.25, 0.3) is 5.56 Å². The van der Waals surface area contributed by atoms with E-state index in [4.69, 9.17) is 5.11 Å².